The average molecular weight is 214 g/mol. The van der Waals surface area contributed by atoms with Crippen molar-refractivity contribution in [2.24, 2.45) is 5.92 Å². The monoisotopic (exact) mass is 214 g/mol. The lowest BCUT2D eigenvalue weighted by atomic mass is 9.95. The van der Waals surface area contributed by atoms with Crippen molar-refractivity contribution in [1.82, 2.24) is 10.2 Å². The van der Waals surface area contributed by atoms with Gasteiger partial charge in [-0.3, -0.25) is 4.90 Å². The number of hydrogen-bond donors (Lipinski definition) is 1. The molecule has 3 heteroatoms. The summed E-state index contributed by atoms with van der Waals surface area (Å²) in [6, 6.07) is 0. The van der Waals surface area contributed by atoms with Crippen molar-refractivity contribution < 1.29 is 4.74 Å². The van der Waals surface area contributed by atoms with E-state index in [2.05, 4.69) is 37.9 Å². The Morgan fingerprint density at radius 3 is 2.40 bits per heavy atom. The molecule has 1 aliphatic rings. The molecule has 0 aromatic heterocycles. The van der Waals surface area contributed by atoms with Gasteiger partial charge in [-0.15, -0.1) is 0 Å². The predicted octanol–water partition coefficient (Wildman–Crippen LogP) is 1.34. The summed E-state index contributed by atoms with van der Waals surface area (Å²) in [7, 11) is 0. The van der Waals surface area contributed by atoms with Crippen molar-refractivity contribution >= 4 is 0 Å². The highest BCUT2D eigenvalue weighted by Crippen LogP contribution is 2.19. The maximum Gasteiger partial charge on any atom is 0.0649 e. The van der Waals surface area contributed by atoms with Crippen molar-refractivity contribution in [2.75, 3.05) is 39.3 Å². The van der Waals surface area contributed by atoms with Crippen LogP contribution in [0.1, 0.15) is 27.7 Å². The number of piperazine rings is 1. The first-order chi connectivity index (χ1) is 7.02. The zero-order valence-electron chi connectivity index (χ0n) is 10.7. The molecule has 1 fully saturated rings. The van der Waals surface area contributed by atoms with Crippen LogP contribution in [0.2, 0.25) is 0 Å². The van der Waals surface area contributed by atoms with Gasteiger partial charge in [0.15, 0.2) is 0 Å². The molecule has 1 saturated heterocycles. The molecule has 1 rings (SSSR count). The number of nitrogens with one attached hydrogen (secondary N) is 1. The van der Waals surface area contributed by atoms with Gasteiger partial charge in [0.05, 0.1) is 12.2 Å². The van der Waals surface area contributed by atoms with Gasteiger partial charge in [-0.25, -0.2) is 0 Å². The van der Waals surface area contributed by atoms with Crippen molar-refractivity contribution in [2.45, 2.75) is 33.3 Å². The van der Waals surface area contributed by atoms with Crippen molar-refractivity contribution in [3.05, 3.63) is 0 Å². The molecule has 1 heterocycles. The lowest BCUT2D eigenvalue weighted by molar-refractivity contribution is -0.0573. The molecule has 0 amide bonds. The number of ether oxygens (including phenoxy) is 1. The lowest BCUT2D eigenvalue weighted by Crippen LogP contribution is -2.45. The van der Waals surface area contributed by atoms with E-state index < -0.39 is 0 Å². The molecule has 15 heavy (non-hydrogen) atoms. The van der Waals surface area contributed by atoms with E-state index in [0.717, 1.165) is 39.3 Å². The molecule has 0 bridgehead atoms. The molecule has 0 radical (unpaired) electrons. The summed E-state index contributed by atoms with van der Waals surface area (Å²) in [4.78, 5) is 2.47. The fourth-order valence-electron chi connectivity index (χ4n) is 1.54. The van der Waals surface area contributed by atoms with E-state index in [9.17, 15) is 0 Å². The van der Waals surface area contributed by atoms with Crippen LogP contribution in [0.4, 0.5) is 0 Å². The predicted molar refractivity (Wildman–Crippen MR) is 64.2 cm³/mol. The number of hydrogen-bond acceptors (Lipinski definition) is 3. The van der Waals surface area contributed by atoms with Crippen LogP contribution in [0.25, 0.3) is 0 Å². The quantitative estimate of drug-likeness (QED) is 0.747. The van der Waals surface area contributed by atoms with Crippen LogP contribution in [-0.2, 0) is 4.74 Å². The summed E-state index contributed by atoms with van der Waals surface area (Å²) < 4.78 is 5.93. The maximum atomic E-state index is 5.93. The Morgan fingerprint density at radius 1 is 1.27 bits per heavy atom. The second-order valence-electron chi connectivity index (χ2n) is 5.20. The van der Waals surface area contributed by atoms with Gasteiger partial charge in [-0.2, -0.15) is 0 Å². The van der Waals surface area contributed by atoms with Crippen LogP contribution in [0.15, 0.2) is 0 Å². The summed E-state index contributed by atoms with van der Waals surface area (Å²) in [5, 5.41) is 3.36. The molecule has 0 aromatic rings. The summed E-state index contributed by atoms with van der Waals surface area (Å²) in [6.07, 6.45) is 0. The van der Waals surface area contributed by atoms with Crippen molar-refractivity contribution in [1.29, 1.82) is 0 Å². The van der Waals surface area contributed by atoms with Crippen LogP contribution in [0.3, 0.4) is 0 Å². The second kappa shape index (κ2) is 5.83. The topological polar surface area (TPSA) is 24.5 Å². The van der Waals surface area contributed by atoms with E-state index in [0.29, 0.717) is 5.92 Å². The summed E-state index contributed by atoms with van der Waals surface area (Å²) in [5.74, 6) is 0.570. The minimum atomic E-state index is 0.00797. The molecular weight excluding hydrogens is 188 g/mol. The third-order valence-electron chi connectivity index (χ3n) is 3.48. The van der Waals surface area contributed by atoms with Crippen LogP contribution in [0.5, 0.6) is 0 Å². The largest absolute Gasteiger partial charge is 0.374 e. The molecule has 1 N–H and O–H groups in total. The Bertz CT molecular complexity index is 174. The summed E-state index contributed by atoms with van der Waals surface area (Å²) >= 11 is 0. The maximum absolute atomic E-state index is 5.93. The minimum Gasteiger partial charge on any atom is -0.374 e. The highest BCUT2D eigenvalue weighted by atomic mass is 16.5. The van der Waals surface area contributed by atoms with Crippen molar-refractivity contribution in [3.63, 3.8) is 0 Å². The van der Waals surface area contributed by atoms with Gasteiger partial charge in [0, 0.05) is 32.7 Å². The molecule has 0 aromatic carbocycles. The Hall–Kier alpha value is -0.120. The standard InChI is InChI=1S/C12H26N2O/c1-11(2)12(3,4)15-10-9-14-7-5-13-6-8-14/h11,13H,5-10H2,1-4H3. The SMILES string of the molecule is CC(C)C(C)(C)OCCN1CCNCC1. The van der Waals surface area contributed by atoms with Crippen LogP contribution in [-0.4, -0.2) is 49.8 Å². The number of nitrogens with zero attached hydrogens (tertiary/aromatic N) is 1. The molecule has 0 spiro atoms. The smallest absolute Gasteiger partial charge is 0.0649 e. The van der Waals surface area contributed by atoms with Crippen LogP contribution >= 0.6 is 0 Å². The highest BCUT2D eigenvalue weighted by Gasteiger charge is 2.23. The van der Waals surface area contributed by atoms with Crippen LogP contribution < -0.4 is 5.32 Å². The molecule has 0 aliphatic carbocycles. The third kappa shape index (κ3) is 4.49. The van der Waals surface area contributed by atoms with Gasteiger partial charge in [0.25, 0.3) is 0 Å². The highest BCUT2D eigenvalue weighted by molar-refractivity contribution is 4.73. The normalized spacial score (nSPS) is 19.8. The molecular formula is C12H26N2O. The fraction of sp³-hybridized carbons (Fsp3) is 1.00. The van der Waals surface area contributed by atoms with E-state index in [1.165, 1.54) is 0 Å². The Kier molecular flexibility index (Phi) is 5.03. The van der Waals surface area contributed by atoms with E-state index >= 15 is 0 Å². The lowest BCUT2D eigenvalue weighted by Gasteiger charge is -2.32. The summed E-state index contributed by atoms with van der Waals surface area (Å²) in [6.45, 7) is 15.3. The third-order valence-corrected chi connectivity index (χ3v) is 3.48. The minimum absolute atomic E-state index is 0.00797. The van der Waals surface area contributed by atoms with Crippen LogP contribution in [0, 0.1) is 5.92 Å². The van der Waals surface area contributed by atoms with E-state index in [4.69, 9.17) is 4.74 Å². The van der Waals surface area contributed by atoms with Gasteiger partial charge < -0.3 is 10.1 Å². The van der Waals surface area contributed by atoms with Gasteiger partial charge in [-0.1, -0.05) is 13.8 Å². The Labute approximate surface area is 94.2 Å². The van der Waals surface area contributed by atoms with E-state index in [-0.39, 0.29) is 5.60 Å². The molecule has 0 saturated carbocycles. The van der Waals surface area contributed by atoms with Gasteiger partial charge in [-0.05, 0) is 19.8 Å². The Morgan fingerprint density at radius 2 is 1.87 bits per heavy atom. The first-order valence-corrected chi connectivity index (χ1v) is 6.09. The molecule has 90 valence electrons. The second-order valence-corrected chi connectivity index (χ2v) is 5.20. The van der Waals surface area contributed by atoms with Gasteiger partial charge >= 0.3 is 0 Å². The zero-order chi connectivity index (χ0) is 11.3. The zero-order valence-corrected chi connectivity index (χ0v) is 10.7. The fourth-order valence-corrected chi connectivity index (χ4v) is 1.54. The summed E-state index contributed by atoms with van der Waals surface area (Å²) in [5.41, 5.74) is 0.00797. The Balaban J connectivity index is 2.14. The molecule has 0 unspecified atom stereocenters. The first-order valence-electron chi connectivity index (χ1n) is 6.09. The van der Waals surface area contributed by atoms with E-state index in [1.54, 1.807) is 0 Å². The number of rotatable bonds is 5. The van der Waals surface area contributed by atoms with Gasteiger partial charge in [0.2, 0.25) is 0 Å². The molecule has 0 atom stereocenters. The average Bonchev–Trinajstić information content (AvgIpc) is 2.19. The molecule has 1 aliphatic heterocycles. The van der Waals surface area contributed by atoms with Crippen molar-refractivity contribution in [3.8, 4) is 0 Å². The van der Waals surface area contributed by atoms with Gasteiger partial charge in [0.1, 0.15) is 0 Å². The molecule has 3 nitrogen and oxygen atoms in total. The first kappa shape index (κ1) is 12.9. The van der Waals surface area contributed by atoms with E-state index in [1.807, 2.05) is 0 Å².